The number of fused-ring (bicyclic) bond motifs is 1. The summed E-state index contributed by atoms with van der Waals surface area (Å²) >= 11 is 9.79. The number of benzene rings is 2. The van der Waals surface area contributed by atoms with E-state index in [1.165, 1.54) is 0 Å². The Kier molecular flexibility index (Phi) is 3.40. The molecule has 0 amide bonds. The third kappa shape index (κ3) is 1.98. The molecule has 0 bridgehead atoms. The SMILES string of the molecule is Cc1c(Br)c2cccc(Cl)c2c(=O)n1-c1ccccc1. The van der Waals surface area contributed by atoms with E-state index in [4.69, 9.17) is 11.6 Å². The first-order chi connectivity index (χ1) is 9.61. The Morgan fingerprint density at radius 1 is 1.05 bits per heavy atom. The zero-order valence-corrected chi connectivity index (χ0v) is 13.1. The van der Waals surface area contributed by atoms with Gasteiger partial charge in [0.2, 0.25) is 0 Å². The van der Waals surface area contributed by atoms with E-state index in [2.05, 4.69) is 15.9 Å². The number of hydrogen-bond acceptors (Lipinski definition) is 1. The van der Waals surface area contributed by atoms with Gasteiger partial charge in [-0.15, -0.1) is 0 Å². The summed E-state index contributed by atoms with van der Waals surface area (Å²) in [5.74, 6) is 0. The molecule has 20 heavy (non-hydrogen) atoms. The molecule has 100 valence electrons. The van der Waals surface area contributed by atoms with Gasteiger partial charge < -0.3 is 0 Å². The van der Waals surface area contributed by atoms with Gasteiger partial charge in [-0.2, -0.15) is 0 Å². The number of rotatable bonds is 1. The smallest absolute Gasteiger partial charge is 0.264 e. The number of aromatic nitrogens is 1. The molecular weight excluding hydrogens is 338 g/mol. The Morgan fingerprint density at radius 3 is 2.45 bits per heavy atom. The molecular formula is C16H11BrClNO. The Balaban J connectivity index is 2.52. The number of pyridine rings is 1. The Labute approximate surface area is 129 Å². The number of nitrogens with zero attached hydrogens (tertiary/aromatic N) is 1. The molecule has 0 radical (unpaired) electrons. The van der Waals surface area contributed by atoms with Crippen LogP contribution in [0.2, 0.25) is 5.02 Å². The average Bonchev–Trinajstić information content (AvgIpc) is 2.46. The van der Waals surface area contributed by atoms with Crippen molar-refractivity contribution in [2.45, 2.75) is 6.92 Å². The molecule has 2 aromatic carbocycles. The van der Waals surface area contributed by atoms with Crippen molar-refractivity contribution in [3.05, 3.63) is 74.1 Å². The molecule has 0 aliphatic carbocycles. The van der Waals surface area contributed by atoms with E-state index in [1.807, 2.05) is 49.4 Å². The van der Waals surface area contributed by atoms with E-state index >= 15 is 0 Å². The zero-order chi connectivity index (χ0) is 14.3. The van der Waals surface area contributed by atoms with Gasteiger partial charge in [0.05, 0.1) is 10.4 Å². The number of halogens is 2. The van der Waals surface area contributed by atoms with Crippen LogP contribution in [0.5, 0.6) is 0 Å². The van der Waals surface area contributed by atoms with Gasteiger partial charge in [0, 0.05) is 21.2 Å². The second-order valence-corrected chi connectivity index (χ2v) is 5.74. The van der Waals surface area contributed by atoms with Crippen molar-refractivity contribution < 1.29 is 0 Å². The summed E-state index contributed by atoms with van der Waals surface area (Å²) < 4.78 is 2.57. The Bertz CT molecular complexity index is 856. The molecule has 0 aliphatic heterocycles. The second-order valence-electron chi connectivity index (χ2n) is 4.54. The molecule has 2 nitrogen and oxygen atoms in total. The quantitative estimate of drug-likeness (QED) is 0.624. The van der Waals surface area contributed by atoms with Gasteiger partial charge in [-0.25, -0.2) is 0 Å². The van der Waals surface area contributed by atoms with Crippen molar-refractivity contribution >= 4 is 38.3 Å². The predicted octanol–water partition coefficient (Wildman–Crippen LogP) is 4.72. The van der Waals surface area contributed by atoms with Crippen LogP contribution in [-0.4, -0.2) is 4.57 Å². The zero-order valence-electron chi connectivity index (χ0n) is 10.7. The van der Waals surface area contributed by atoms with Crippen LogP contribution in [0.4, 0.5) is 0 Å². The molecule has 4 heteroatoms. The fourth-order valence-electron chi connectivity index (χ4n) is 2.37. The van der Waals surface area contributed by atoms with Gasteiger partial charge >= 0.3 is 0 Å². The molecule has 0 saturated heterocycles. The van der Waals surface area contributed by atoms with Crippen LogP contribution in [0.3, 0.4) is 0 Å². The molecule has 0 aliphatic rings. The monoisotopic (exact) mass is 347 g/mol. The lowest BCUT2D eigenvalue weighted by Gasteiger charge is -2.14. The van der Waals surface area contributed by atoms with Crippen LogP contribution in [0.25, 0.3) is 16.5 Å². The van der Waals surface area contributed by atoms with Gasteiger partial charge in [0.25, 0.3) is 5.56 Å². The van der Waals surface area contributed by atoms with Crippen LogP contribution in [0.1, 0.15) is 5.69 Å². The molecule has 0 fully saturated rings. The van der Waals surface area contributed by atoms with E-state index in [0.29, 0.717) is 10.4 Å². The minimum Gasteiger partial charge on any atom is -0.280 e. The third-order valence-electron chi connectivity index (χ3n) is 3.33. The Hall–Kier alpha value is -1.58. The van der Waals surface area contributed by atoms with Gasteiger partial charge in [0.1, 0.15) is 0 Å². The van der Waals surface area contributed by atoms with Gasteiger partial charge in [-0.3, -0.25) is 9.36 Å². The minimum atomic E-state index is -0.0995. The average molecular weight is 349 g/mol. The van der Waals surface area contributed by atoms with Gasteiger partial charge in [-0.05, 0) is 41.1 Å². The van der Waals surface area contributed by atoms with E-state index in [0.717, 1.165) is 21.2 Å². The topological polar surface area (TPSA) is 22.0 Å². The Morgan fingerprint density at radius 2 is 1.75 bits per heavy atom. The minimum absolute atomic E-state index is 0.0995. The maximum Gasteiger partial charge on any atom is 0.264 e. The molecule has 0 unspecified atom stereocenters. The van der Waals surface area contributed by atoms with Crippen LogP contribution >= 0.6 is 27.5 Å². The largest absolute Gasteiger partial charge is 0.280 e. The first-order valence-corrected chi connectivity index (χ1v) is 7.33. The lowest BCUT2D eigenvalue weighted by molar-refractivity contribution is 0.943. The summed E-state index contributed by atoms with van der Waals surface area (Å²) in [6.07, 6.45) is 0. The van der Waals surface area contributed by atoms with E-state index in [-0.39, 0.29) is 5.56 Å². The highest BCUT2D eigenvalue weighted by Crippen LogP contribution is 2.30. The normalized spacial score (nSPS) is 10.9. The predicted molar refractivity (Wildman–Crippen MR) is 87.0 cm³/mol. The summed E-state index contributed by atoms with van der Waals surface area (Å²) in [6, 6.07) is 15.0. The van der Waals surface area contributed by atoms with Crippen LogP contribution in [0.15, 0.2) is 57.8 Å². The first-order valence-electron chi connectivity index (χ1n) is 6.16. The lowest BCUT2D eigenvalue weighted by atomic mass is 10.1. The standard InChI is InChI=1S/C16H11BrClNO/c1-10-15(17)12-8-5-9-13(18)14(12)16(20)19(10)11-6-3-2-4-7-11/h2-9H,1H3. The van der Waals surface area contributed by atoms with E-state index < -0.39 is 0 Å². The van der Waals surface area contributed by atoms with Crippen molar-refractivity contribution in [3.8, 4) is 5.69 Å². The highest BCUT2D eigenvalue weighted by molar-refractivity contribution is 9.10. The van der Waals surface area contributed by atoms with Crippen LogP contribution in [-0.2, 0) is 0 Å². The third-order valence-corrected chi connectivity index (χ3v) is 4.65. The fourth-order valence-corrected chi connectivity index (χ4v) is 3.13. The molecule has 1 aromatic heterocycles. The summed E-state index contributed by atoms with van der Waals surface area (Å²) in [5, 5.41) is 1.85. The van der Waals surface area contributed by atoms with Crippen molar-refractivity contribution in [2.75, 3.05) is 0 Å². The molecule has 0 N–H and O–H groups in total. The van der Waals surface area contributed by atoms with Crippen molar-refractivity contribution in [2.24, 2.45) is 0 Å². The van der Waals surface area contributed by atoms with Crippen molar-refractivity contribution in [3.63, 3.8) is 0 Å². The molecule has 3 rings (SSSR count). The lowest BCUT2D eigenvalue weighted by Crippen LogP contribution is -2.21. The van der Waals surface area contributed by atoms with Crippen molar-refractivity contribution in [1.82, 2.24) is 4.57 Å². The summed E-state index contributed by atoms with van der Waals surface area (Å²) in [6.45, 7) is 1.92. The van der Waals surface area contributed by atoms with Gasteiger partial charge in [0.15, 0.2) is 0 Å². The highest BCUT2D eigenvalue weighted by Gasteiger charge is 2.15. The number of hydrogen-bond donors (Lipinski definition) is 0. The van der Waals surface area contributed by atoms with Crippen molar-refractivity contribution in [1.29, 1.82) is 0 Å². The summed E-state index contributed by atoms with van der Waals surface area (Å²) in [4.78, 5) is 12.8. The van der Waals surface area contributed by atoms with Crippen LogP contribution in [0, 0.1) is 6.92 Å². The number of para-hydroxylation sites is 1. The molecule has 3 aromatic rings. The summed E-state index contributed by atoms with van der Waals surface area (Å²) in [5.41, 5.74) is 1.59. The summed E-state index contributed by atoms with van der Waals surface area (Å²) in [7, 11) is 0. The second kappa shape index (κ2) is 5.08. The van der Waals surface area contributed by atoms with Crippen LogP contribution < -0.4 is 5.56 Å². The molecule has 0 atom stereocenters. The maximum atomic E-state index is 12.8. The molecule has 0 spiro atoms. The van der Waals surface area contributed by atoms with Gasteiger partial charge in [-0.1, -0.05) is 41.9 Å². The molecule has 0 saturated carbocycles. The first kappa shape index (κ1) is 13.4. The maximum absolute atomic E-state index is 12.8. The highest BCUT2D eigenvalue weighted by atomic mass is 79.9. The molecule has 1 heterocycles. The van der Waals surface area contributed by atoms with E-state index in [1.54, 1.807) is 10.6 Å². The fraction of sp³-hybridized carbons (Fsp3) is 0.0625. The van der Waals surface area contributed by atoms with E-state index in [9.17, 15) is 4.79 Å².